The lowest BCUT2D eigenvalue weighted by Crippen LogP contribution is -2.49. The molecule has 3 N–H and O–H groups in total. The average molecular weight is 261 g/mol. The van der Waals surface area contributed by atoms with E-state index in [0.29, 0.717) is 11.2 Å². The number of carbonyl (C=O) groups excluding carboxylic acids is 1. The van der Waals surface area contributed by atoms with Crippen LogP contribution in [-0.4, -0.2) is 44.8 Å². The number of anilines is 1. The second-order valence-corrected chi connectivity index (χ2v) is 4.78. The van der Waals surface area contributed by atoms with E-state index >= 15 is 0 Å². The lowest BCUT2D eigenvalue weighted by Gasteiger charge is -2.40. The van der Waals surface area contributed by atoms with Crippen molar-refractivity contribution in [2.75, 3.05) is 11.9 Å². The van der Waals surface area contributed by atoms with Crippen LogP contribution in [-0.2, 0) is 0 Å². The van der Waals surface area contributed by atoms with E-state index < -0.39 is 5.91 Å². The van der Waals surface area contributed by atoms with Crippen molar-refractivity contribution in [3.05, 3.63) is 24.0 Å². The zero-order valence-corrected chi connectivity index (χ0v) is 10.5. The number of likely N-dealkylation sites (N-methyl/N-ethyl adjacent to an activating group) is 1. The zero-order chi connectivity index (χ0) is 13.6. The molecule has 2 heterocycles. The maximum Gasteiger partial charge on any atom is 0.254 e. The molecule has 1 aliphatic carbocycles. The second-order valence-electron chi connectivity index (χ2n) is 4.78. The Labute approximate surface area is 109 Å². The molecule has 0 unspecified atom stereocenters. The molecule has 1 saturated carbocycles. The molecule has 0 spiro atoms. The summed E-state index contributed by atoms with van der Waals surface area (Å²) >= 11 is 0. The SMILES string of the molecule is CN(c1ccnc2c(C(N)=O)cnn12)[C@H]1CC[C@H]1O. The highest BCUT2D eigenvalue weighted by Gasteiger charge is 2.33. The van der Waals surface area contributed by atoms with Crippen LogP contribution in [0, 0.1) is 0 Å². The predicted octanol–water partition coefficient (Wildman–Crippen LogP) is -0.212. The van der Waals surface area contributed by atoms with E-state index in [-0.39, 0.29) is 12.1 Å². The number of aromatic nitrogens is 3. The van der Waals surface area contributed by atoms with Crippen LogP contribution in [0.15, 0.2) is 18.5 Å². The summed E-state index contributed by atoms with van der Waals surface area (Å²) in [5, 5.41) is 13.9. The van der Waals surface area contributed by atoms with Gasteiger partial charge in [0.05, 0.1) is 18.3 Å². The van der Waals surface area contributed by atoms with Gasteiger partial charge in [0.25, 0.3) is 5.91 Å². The number of amides is 1. The molecule has 1 aliphatic rings. The number of hydrogen-bond donors (Lipinski definition) is 2. The van der Waals surface area contributed by atoms with Gasteiger partial charge in [-0.05, 0) is 18.9 Å². The number of nitrogens with zero attached hydrogens (tertiary/aromatic N) is 4. The summed E-state index contributed by atoms with van der Waals surface area (Å²) in [4.78, 5) is 17.4. The lowest BCUT2D eigenvalue weighted by molar-refractivity contribution is 0.0664. The van der Waals surface area contributed by atoms with Crippen molar-refractivity contribution < 1.29 is 9.90 Å². The van der Waals surface area contributed by atoms with E-state index in [1.807, 2.05) is 11.9 Å². The molecule has 2 aromatic rings. The minimum atomic E-state index is -0.550. The summed E-state index contributed by atoms with van der Waals surface area (Å²) in [6.45, 7) is 0. The van der Waals surface area contributed by atoms with Crippen LogP contribution < -0.4 is 10.6 Å². The van der Waals surface area contributed by atoms with Gasteiger partial charge in [-0.3, -0.25) is 4.79 Å². The van der Waals surface area contributed by atoms with E-state index in [0.717, 1.165) is 18.7 Å². The number of carbonyl (C=O) groups is 1. The summed E-state index contributed by atoms with van der Waals surface area (Å²) in [5.74, 6) is 0.229. The Morgan fingerprint density at radius 3 is 2.95 bits per heavy atom. The molecule has 0 radical (unpaired) electrons. The van der Waals surface area contributed by atoms with E-state index in [9.17, 15) is 9.90 Å². The highest BCUT2D eigenvalue weighted by atomic mass is 16.3. The van der Waals surface area contributed by atoms with Crippen molar-refractivity contribution in [2.24, 2.45) is 5.73 Å². The molecule has 0 saturated heterocycles. The van der Waals surface area contributed by atoms with Crippen LogP contribution in [0.25, 0.3) is 5.65 Å². The predicted molar refractivity (Wildman–Crippen MR) is 68.9 cm³/mol. The molecule has 7 nitrogen and oxygen atoms in total. The van der Waals surface area contributed by atoms with E-state index in [1.165, 1.54) is 6.20 Å². The smallest absolute Gasteiger partial charge is 0.254 e. The van der Waals surface area contributed by atoms with Gasteiger partial charge in [-0.2, -0.15) is 9.61 Å². The first kappa shape index (κ1) is 11.9. The Morgan fingerprint density at radius 1 is 1.58 bits per heavy atom. The van der Waals surface area contributed by atoms with Crippen molar-refractivity contribution in [1.29, 1.82) is 0 Å². The molecule has 3 rings (SSSR count). The highest BCUT2D eigenvalue weighted by molar-refractivity contribution is 5.98. The molecule has 0 aliphatic heterocycles. The van der Waals surface area contributed by atoms with Crippen molar-refractivity contribution in [3.63, 3.8) is 0 Å². The minimum Gasteiger partial charge on any atom is -0.391 e. The van der Waals surface area contributed by atoms with Gasteiger partial charge in [0.2, 0.25) is 0 Å². The number of primary amides is 1. The fourth-order valence-corrected chi connectivity index (χ4v) is 2.41. The second kappa shape index (κ2) is 4.20. The lowest BCUT2D eigenvalue weighted by atomic mass is 9.88. The molecule has 1 amide bonds. The minimum absolute atomic E-state index is 0.0758. The molecule has 2 aromatic heterocycles. The van der Waals surface area contributed by atoms with Gasteiger partial charge in [0, 0.05) is 13.2 Å². The summed E-state index contributed by atoms with van der Waals surface area (Å²) in [5.41, 5.74) is 6.02. The van der Waals surface area contributed by atoms with Crippen molar-refractivity contribution in [2.45, 2.75) is 25.0 Å². The van der Waals surface area contributed by atoms with Gasteiger partial charge < -0.3 is 15.7 Å². The van der Waals surface area contributed by atoms with Crippen LogP contribution in [0.5, 0.6) is 0 Å². The molecular weight excluding hydrogens is 246 g/mol. The van der Waals surface area contributed by atoms with E-state index in [2.05, 4.69) is 10.1 Å². The quantitative estimate of drug-likeness (QED) is 0.796. The molecule has 0 bridgehead atoms. The first-order valence-electron chi connectivity index (χ1n) is 6.13. The summed E-state index contributed by atoms with van der Waals surface area (Å²) < 4.78 is 1.57. The normalized spacial score (nSPS) is 22.2. The number of hydrogen-bond acceptors (Lipinski definition) is 5. The van der Waals surface area contributed by atoms with Crippen LogP contribution in [0.1, 0.15) is 23.2 Å². The van der Waals surface area contributed by atoms with Crippen molar-refractivity contribution in [1.82, 2.24) is 14.6 Å². The Hall–Kier alpha value is -2.15. The number of aliphatic hydroxyl groups excluding tert-OH is 1. The Morgan fingerprint density at radius 2 is 2.37 bits per heavy atom. The summed E-state index contributed by atoms with van der Waals surface area (Å²) in [7, 11) is 1.90. The summed E-state index contributed by atoms with van der Waals surface area (Å²) in [6.07, 6.45) is 4.46. The molecule has 19 heavy (non-hydrogen) atoms. The van der Waals surface area contributed by atoms with Gasteiger partial charge >= 0.3 is 0 Å². The fourth-order valence-electron chi connectivity index (χ4n) is 2.41. The Balaban J connectivity index is 2.06. The maximum atomic E-state index is 11.3. The number of rotatable bonds is 3. The first-order chi connectivity index (χ1) is 9.09. The average Bonchev–Trinajstić information content (AvgIpc) is 2.80. The van der Waals surface area contributed by atoms with Crippen LogP contribution in [0.3, 0.4) is 0 Å². The maximum absolute atomic E-state index is 11.3. The standard InChI is InChI=1S/C12H15N5O2/c1-16(8-2-3-9(8)18)10-4-5-14-12-7(11(13)19)6-15-17(10)12/h4-6,8-9,18H,2-3H2,1H3,(H2,13,19)/t8-,9+/m0/s1. The molecule has 2 atom stereocenters. The van der Waals surface area contributed by atoms with Gasteiger partial charge in [-0.1, -0.05) is 0 Å². The Bertz CT molecular complexity index is 638. The monoisotopic (exact) mass is 261 g/mol. The van der Waals surface area contributed by atoms with Crippen LogP contribution >= 0.6 is 0 Å². The first-order valence-corrected chi connectivity index (χ1v) is 6.13. The van der Waals surface area contributed by atoms with E-state index in [1.54, 1.807) is 16.8 Å². The molecule has 1 fully saturated rings. The molecule has 100 valence electrons. The number of aliphatic hydroxyl groups is 1. The zero-order valence-electron chi connectivity index (χ0n) is 10.5. The highest BCUT2D eigenvalue weighted by Crippen LogP contribution is 2.28. The van der Waals surface area contributed by atoms with Crippen LogP contribution in [0.4, 0.5) is 5.82 Å². The van der Waals surface area contributed by atoms with Crippen LogP contribution in [0.2, 0.25) is 0 Å². The molecule has 7 heteroatoms. The fraction of sp³-hybridized carbons (Fsp3) is 0.417. The Kier molecular flexibility index (Phi) is 2.63. The third-order valence-electron chi connectivity index (χ3n) is 3.71. The number of nitrogens with two attached hydrogens (primary N) is 1. The van der Waals surface area contributed by atoms with E-state index in [4.69, 9.17) is 5.73 Å². The third kappa shape index (κ3) is 1.74. The molecule has 0 aromatic carbocycles. The van der Waals surface area contributed by atoms with Crippen molar-refractivity contribution in [3.8, 4) is 0 Å². The van der Waals surface area contributed by atoms with Gasteiger partial charge in [0.1, 0.15) is 11.4 Å². The van der Waals surface area contributed by atoms with Gasteiger partial charge in [-0.15, -0.1) is 0 Å². The topological polar surface area (TPSA) is 96.8 Å². The van der Waals surface area contributed by atoms with Gasteiger partial charge in [-0.25, -0.2) is 4.98 Å². The molecular formula is C12H15N5O2. The largest absolute Gasteiger partial charge is 0.391 e. The van der Waals surface area contributed by atoms with Crippen molar-refractivity contribution >= 4 is 17.4 Å². The number of fused-ring (bicyclic) bond motifs is 1. The van der Waals surface area contributed by atoms with Gasteiger partial charge in [0.15, 0.2) is 5.65 Å². The third-order valence-corrected chi connectivity index (χ3v) is 3.71. The summed E-state index contributed by atoms with van der Waals surface area (Å²) in [6, 6.07) is 1.88.